The number of para-hydroxylation sites is 2. The highest BCUT2D eigenvalue weighted by Gasteiger charge is 2.11. The predicted molar refractivity (Wildman–Crippen MR) is 101 cm³/mol. The second-order valence-electron chi connectivity index (χ2n) is 5.97. The molecule has 0 aliphatic carbocycles. The van der Waals surface area contributed by atoms with Crippen LogP contribution in [0.3, 0.4) is 0 Å². The SMILES string of the molecule is O=C(Cc1noc2ccccc12)NCCNc1ccc2ccccc2n1. The fourth-order valence-corrected chi connectivity index (χ4v) is 2.84. The number of nitrogens with zero attached hydrogens (tertiary/aromatic N) is 2. The van der Waals surface area contributed by atoms with E-state index in [2.05, 4.69) is 20.8 Å². The first-order valence-corrected chi connectivity index (χ1v) is 8.49. The van der Waals surface area contributed by atoms with E-state index in [4.69, 9.17) is 4.52 Å². The normalized spacial score (nSPS) is 10.9. The number of aromatic nitrogens is 2. The lowest BCUT2D eigenvalue weighted by molar-refractivity contribution is -0.120. The second-order valence-corrected chi connectivity index (χ2v) is 5.97. The molecule has 0 aliphatic rings. The minimum Gasteiger partial charge on any atom is -0.368 e. The summed E-state index contributed by atoms with van der Waals surface area (Å²) in [4.78, 5) is 16.6. The van der Waals surface area contributed by atoms with Gasteiger partial charge in [-0.3, -0.25) is 4.79 Å². The summed E-state index contributed by atoms with van der Waals surface area (Å²) in [6.07, 6.45) is 0.200. The molecule has 0 unspecified atom stereocenters. The fraction of sp³-hybridized carbons (Fsp3) is 0.150. The first-order valence-electron chi connectivity index (χ1n) is 8.49. The zero-order valence-corrected chi connectivity index (χ0v) is 14.1. The molecule has 4 rings (SSSR count). The Kier molecular flexibility index (Phi) is 4.47. The third-order valence-corrected chi connectivity index (χ3v) is 4.13. The van der Waals surface area contributed by atoms with Crippen LogP contribution in [0.1, 0.15) is 5.69 Å². The van der Waals surface area contributed by atoms with E-state index in [1.807, 2.05) is 60.7 Å². The first-order chi connectivity index (χ1) is 12.8. The standard InChI is InChI=1S/C20H18N4O2/c25-20(13-17-15-6-2-4-8-18(15)26-24-17)22-12-11-21-19-10-9-14-5-1-3-7-16(14)23-19/h1-10H,11-13H2,(H,21,23)(H,22,25). The molecule has 0 radical (unpaired) electrons. The molecule has 26 heavy (non-hydrogen) atoms. The van der Waals surface area contributed by atoms with Gasteiger partial charge >= 0.3 is 0 Å². The summed E-state index contributed by atoms with van der Waals surface area (Å²) in [5.41, 5.74) is 2.29. The van der Waals surface area contributed by atoms with Crippen LogP contribution in [-0.2, 0) is 11.2 Å². The van der Waals surface area contributed by atoms with E-state index in [0.29, 0.717) is 24.4 Å². The molecule has 4 aromatic rings. The van der Waals surface area contributed by atoms with Crippen molar-refractivity contribution >= 4 is 33.6 Å². The highest BCUT2D eigenvalue weighted by atomic mass is 16.5. The number of pyridine rings is 1. The number of rotatable bonds is 6. The molecule has 0 atom stereocenters. The molecule has 2 heterocycles. The summed E-state index contributed by atoms with van der Waals surface area (Å²) in [6, 6.07) is 19.4. The van der Waals surface area contributed by atoms with E-state index in [-0.39, 0.29) is 12.3 Å². The zero-order valence-electron chi connectivity index (χ0n) is 14.1. The van der Waals surface area contributed by atoms with Gasteiger partial charge in [-0.2, -0.15) is 0 Å². The minimum atomic E-state index is -0.0858. The first kappa shape index (κ1) is 16.1. The number of amides is 1. The molecule has 6 heteroatoms. The zero-order chi connectivity index (χ0) is 17.8. The maximum atomic E-state index is 12.1. The summed E-state index contributed by atoms with van der Waals surface area (Å²) in [5, 5.41) is 12.1. The predicted octanol–water partition coefficient (Wildman–Crippen LogP) is 3.15. The summed E-state index contributed by atoms with van der Waals surface area (Å²) >= 11 is 0. The lowest BCUT2D eigenvalue weighted by Crippen LogP contribution is -2.30. The van der Waals surface area contributed by atoms with Crippen LogP contribution in [0.4, 0.5) is 5.82 Å². The molecule has 2 aromatic heterocycles. The van der Waals surface area contributed by atoms with Crippen molar-refractivity contribution in [2.24, 2.45) is 0 Å². The van der Waals surface area contributed by atoms with Gasteiger partial charge < -0.3 is 15.2 Å². The van der Waals surface area contributed by atoms with Crippen molar-refractivity contribution in [3.8, 4) is 0 Å². The Morgan fingerprint density at radius 3 is 2.77 bits per heavy atom. The number of nitrogens with one attached hydrogen (secondary N) is 2. The average molecular weight is 346 g/mol. The largest absolute Gasteiger partial charge is 0.368 e. The number of carbonyl (C=O) groups excluding carboxylic acids is 1. The molecule has 2 N–H and O–H groups in total. The van der Waals surface area contributed by atoms with E-state index in [0.717, 1.165) is 22.1 Å². The third kappa shape index (κ3) is 3.49. The summed E-state index contributed by atoms with van der Waals surface area (Å²) in [6.45, 7) is 1.10. The van der Waals surface area contributed by atoms with Crippen molar-refractivity contribution in [1.82, 2.24) is 15.5 Å². The van der Waals surface area contributed by atoms with Gasteiger partial charge in [0.05, 0.1) is 11.9 Å². The number of fused-ring (bicyclic) bond motifs is 2. The molecular formula is C20H18N4O2. The van der Waals surface area contributed by atoms with Crippen molar-refractivity contribution in [2.75, 3.05) is 18.4 Å². The molecule has 2 aromatic carbocycles. The Balaban J connectivity index is 1.28. The quantitative estimate of drug-likeness (QED) is 0.524. The topological polar surface area (TPSA) is 80.0 Å². The number of carbonyl (C=O) groups is 1. The van der Waals surface area contributed by atoms with Crippen LogP contribution in [0.15, 0.2) is 65.2 Å². The van der Waals surface area contributed by atoms with Crippen molar-refractivity contribution in [2.45, 2.75) is 6.42 Å². The average Bonchev–Trinajstić information content (AvgIpc) is 3.08. The summed E-state index contributed by atoms with van der Waals surface area (Å²) < 4.78 is 5.22. The minimum absolute atomic E-state index is 0.0858. The number of anilines is 1. The van der Waals surface area contributed by atoms with Crippen LogP contribution < -0.4 is 10.6 Å². The van der Waals surface area contributed by atoms with Gasteiger partial charge in [-0.1, -0.05) is 35.5 Å². The van der Waals surface area contributed by atoms with E-state index in [1.54, 1.807) is 0 Å². The van der Waals surface area contributed by atoms with Gasteiger partial charge in [0.1, 0.15) is 11.5 Å². The van der Waals surface area contributed by atoms with E-state index in [1.165, 1.54) is 0 Å². The van der Waals surface area contributed by atoms with Crippen molar-refractivity contribution < 1.29 is 9.32 Å². The Hall–Kier alpha value is -3.41. The lowest BCUT2D eigenvalue weighted by Gasteiger charge is -2.08. The molecule has 0 saturated heterocycles. The number of hydrogen-bond donors (Lipinski definition) is 2. The molecule has 0 bridgehead atoms. The van der Waals surface area contributed by atoms with Gasteiger partial charge in [0, 0.05) is 23.9 Å². The maximum Gasteiger partial charge on any atom is 0.226 e. The highest BCUT2D eigenvalue weighted by Crippen LogP contribution is 2.18. The Morgan fingerprint density at radius 1 is 0.962 bits per heavy atom. The van der Waals surface area contributed by atoms with E-state index < -0.39 is 0 Å². The number of benzene rings is 2. The summed E-state index contributed by atoms with van der Waals surface area (Å²) in [5.74, 6) is 0.706. The van der Waals surface area contributed by atoms with Crippen LogP contribution in [-0.4, -0.2) is 29.1 Å². The lowest BCUT2D eigenvalue weighted by atomic mass is 10.1. The van der Waals surface area contributed by atoms with Gasteiger partial charge in [-0.25, -0.2) is 4.98 Å². The van der Waals surface area contributed by atoms with Crippen LogP contribution >= 0.6 is 0 Å². The molecule has 0 aliphatic heterocycles. The number of hydrogen-bond acceptors (Lipinski definition) is 5. The third-order valence-electron chi connectivity index (χ3n) is 4.13. The summed E-state index contributed by atoms with van der Waals surface area (Å²) in [7, 11) is 0. The molecule has 0 fully saturated rings. The Bertz CT molecular complexity index is 1060. The van der Waals surface area contributed by atoms with Crippen molar-refractivity contribution in [3.05, 3.63) is 66.4 Å². The van der Waals surface area contributed by atoms with Gasteiger partial charge in [0.25, 0.3) is 0 Å². The molecule has 0 spiro atoms. The van der Waals surface area contributed by atoms with Crippen molar-refractivity contribution in [1.29, 1.82) is 0 Å². The van der Waals surface area contributed by atoms with Crippen LogP contribution in [0.25, 0.3) is 21.9 Å². The second kappa shape index (κ2) is 7.23. The Labute approximate surface area is 150 Å². The van der Waals surface area contributed by atoms with Crippen LogP contribution in [0.2, 0.25) is 0 Å². The highest BCUT2D eigenvalue weighted by molar-refractivity contribution is 5.86. The monoisotopic (exact) mass is 346 g/mol. The van der Waals surface area contributed by atoms with Crippen molar-refractivity contribution in [3.63, 3.8) is 0 Å². The molecule has 1 amide bonds. The fourth-order valence-electron chi connectivity index (χ4n) is 2.84. The van der Waals surface area contributed by atoms with Gasteiger partial charge in [-0.05, 0) is 30.3 Å². The van der Waals surface area contributed by atoms with E-state index >= 15 is 0 Å². The van der Waals surface area contributed by atoms with Gasteiger partial charge in [0.15, 0.2) is 5.58 Å². The molecule has 0 saturated carbocycles. The Morgan fingerprint density at radius 2 is 1.81 bits per heavy atom. The van der Waals surface area contributed by atoms with Crippen LogP contribution in [0, 0.1) is 0 Å². The van der Waals surface area contributed by atoms with Crippen LogP contribution in [0.5, 0.6) is 0 Å². The van der Waals surface area contributed by atoms with Gasteiger partial charge in [-0.15, -0.1) is 0 Å². The molecule has 130 valence electrons. The maximum absolute atomic E-state index is 12.1. The smallest absolute Gasteiger partial charge is 0.226 e. The van der Waals surface area contributed by atoms with Gasteiger partial charge in [0.2, 0.25) is 5.91 Å². The molecule has 6 nitrogen and oxygen atoms in total. The molecular weight excluding hydrogens is 328 g/mol. The van der Waals surface area contributed by atoms with E-state index in [9.17, 15) is 4.79 Å².